The number of rotatable bonds is 7. The number of nitrogens with one attached hydrogen (secondary N) is 1. The van der Waals surface area contributed by atoms with Crippen LogP contribution >= 0.6 is 0 Å². The van der Waals surface area contributed by atoms with E-state index < -0.39 is 12.7 Å². The first-order valence-corrected chi connectivity index (χ1v) is 8.34. The van der Waals surface area contributed by atoms with Gasteiger partial charge < -0.3 is 24.3 Å². The first kappa shape index (κ1) is 18.8. The van der Waals surface area contributed by atoms with Crippen LogP contribution in [0.25, 0.3) is 0 Å². The van der Waals surface area contributed by atoms with Crippen LogP contribution in [0.1, 0.15) is 5.56 Å². The molecule has 27 heavy (non-hydrogen) atoms. The number of hydrogen-bond donors (Lipinski definition) is 1. The standard InChI is InChI=1S/C19H19F2NO5/c1-24-16-10-12(6-7-15(16)27-19(20)21)8-9-22-18(23)17-11-25-13-4-2-3-5-14(13)26-17/h2-7,10,17,19H,8-9,11H2,1H3,(H,22,23)/t17-/m0/s1. The summed E-state index contributed by atoms with van der Waals surface area (Å²) >= 11 is 0. The molecule has 8 heteroatoms. The van der Waals surface area contributed by atoms with Gasteiger partial charge in [-0.3, -0.25) is 4.79 Å². The average Bonchev–Trinajstić information content (AvgIpc) is 2.68. The fraction of sp³-hybridized carbons (Fsp3) is 0.316. The summed E-state index contributed by atoms with van der Waals surface area (Å²) in [6.07, 6.45) is -0.238. The molecule has 3 rings (SSSR count). The largest absolute Gasteiger partial charge is 0.493 e. The van der Waals surface area contributed by atoms with E-state index in [0.29, 0.717) is 24.5 Å². The number of methoxy groups -OCH3 is 1. The molecule has 1 aliphatic heterocycles. The lowest BCUT2D eigenvalue weighted by Gasteiger charge is -2.25. The lowest BCUT2D eigenvalue weighted by atomic mass is 10.1. The molecule has 144 valence electrons. The number of alkyl halides is 2. The Bertz CT molecular complexity index is 799. The molecule has 6 nitrogen and oxygen atoms in total. The summed E-state index contributed by atoms with van der Waals surface area (Å²) in [6.45, 7) is -2.44. The Labute approximate surface area is 155 Å². The quantitative estimate of drug-likeness (QED) is 0.801. The molecule has 0 saturated carbocycles. The third-order valence-corrected chi connectivity index (χ3v) is 3.96. The van der Waals surface area contributed by atoms with Crippen molar-refractivity contribution in [3.8, 4) is 23.0 Å². The highest BCUT2D eigenvalue weighted by Gasteiger charge is 2.26. The van der Waals surface area contributed by atoms with Gasteiger partial charge in [0.1, 0.15) is 6.61 Å². The Hall–Kier alpha value is -3.03. The summed E-state index contributed by atoms with van der Waals surface area (Å²) in [4.78, 5) is 12.3. The van der Waals surface area contributed by atoms with Crippen LogP contribution in [0.15, 0.2) is 42.5 Å². The molecule has 1 atom stereocenters. The third-order valence-electron chi connectivity index (χ3n) is 3.96. The highest BCUT2D eigenvalue weighted by atomic mass is 19.3. The van der Waals surface area contributed by atoms with Gasteiger partial charge in [0, 0.05) is 6.54 Å². The van der Waals surface area contributed by atoms with Crippen LogP contribution in [0.3, 0.4) is 0 Å². The number of benzene rings is 2. The van der Waals surface area contributed by atoms with Crippen LogP contribution in [-0.4, -0.2) is 38.9 Å². The summed E-state index contributed by atoms with van der Waals surface area (Å²) in [5.74, 6) is 1.03. The SMILES string of the molecule is COc1cc(CCNC(=O)[C@@H]2COc3ccccc3O2)ccc1OC(F)F. The van der Waals surface area contributed by atoms with Gasteiger partial charge in [-0.2, -0.15) is 8.78 Å². The van der Waals surface area contributed by atoms with Crippen molar-refractivity contribution in [1.29, 1.82) is 0 Å². The fourth-order valence-electron chi connectivity index (χ4n) is 2.65. The van der Waals surface area contributed by atoms with Gasteiger partial charge in [-0.1, -0.05) is 18.2 Å². The Morgan fingerprint density at radius 3 is 2.74 bits per heavy atom. The van der Waals surface area contributed by atoms with Crippen LogP contribution in [0, 0.1) is 0 Å². The first-order valence-electron chi connectivity index (χ1n) is 8.34. The predicted octanol–water partition coefficient (Wildman–Crippen LogP) is 2.80. The van der Waals surface area contributed by atoms with Gasteiger partial charge in [0.05, 0.1) is 7.11 Å². The van der Waals surface area contributed by atoms with Gasteiger partial charge in [-0.05, 0) is 36.2 Å². The summed E-state index contributed by atoms with van der Waals surface area (Å²) in [5.41, 5.74) is 0.805. The van der Waals surface area contributed by atoms with Crippen LogP contribution in [0.5, 0.6) is 23.0 Å². The molecule has 0 bridgehead atoms. The van der Waals surface area contributed by atoms with Crippen molar-refractivity contribution in [2.75, 3.05) is 20.3 Å². The molecule has 1 aliphatic rings. The van der Waals surface area contributed by atoms with E-state index in [-0.39, 0.29) is 24.0 Å². The number of carbonyl (C=O) groups excluding carboxylic acids is 1. The molecule has 1 N–H and O–H groups in total. The minimum atomic E-state index is -2.92. The number of para-hydroxylation sites is 2. The van der Waals surface area contributed by atoms with E-state index >= 15 is 0 Å². The second-order valence-electron chi connectivity index (χ2n) is 5.77. The number of fused-ring (bicyclic) bond motifs is 1. The van der Waals surface area contributed by atoms with Crippen molar-refractivity contribution in [2.45, 2.75) is 19.1 Å². The maximum atomic E-state index is 12.4. The molecule has 0 radical (unpaired) electrons. The molecule has 0 fully saturated rings. The fourth-order valence-corrected chi connectivity index (χ4v) is 2.65. The minimum Gasteiger partial charge on any atom is -0.493 e. The van der Waals surface area contributed by atoms with Crippen molar-refractivity contribution in [1.82, 2.24) is 5.32 Å². The van der Waals surface area contributed by atoms with Crippen molar-refractivity contribution < 1.29 is 32.5 Å². The lowest BCUT2D eigenvalue weighted by molar-refractivity contribution is -0.130. The molecule has 1 heterocycles. The maximum absolute atomic E-state index is 12.4. The number of amides is 1. The Balaban J connectivity index is 1.52. The smallest absolute Gasteiger partial charge is 0.387 e. The number of halogens is 2. The van der Waals surface area contributed by atoms with Crippen molar-refractivity contribution in [3.05, 3.63) is 48.0 Å². The summed E-state index contributed by atoms with van der Waals surface area (Å²) < 4.78 is 45.3. The highest BCUT2D eigenvalue weighted by molar-refractivity contribution is 5.81. The van der Waals surface area contributed by atoms with Gasteiger partial charge >= 0.3 is 6.61 Å². The van der Waals surface area contributed by atoms with E-state index in [1.54, 1.807) is 30.3 Å². The monoisotopic (exact) mass is 379 g/mol. The Morgan fingerprint density at radius 2 is 2.00 bits per heavy atom. The third kappa shape index (κ3) is 4.78. The number of ether oxygens (including phenoxy) is 4. The van der Waals surface area contributed by atoms with E-state index in [2.05, 4.69) is 10.1 Å². The molecule has 0 spiro atoms. The summed E-state index contributed by atoms with van der Waals surface area (Å²) in [5, 5.41) is 2.78. The summed E-state index contributed by atoms with van der Waals surface area (Å²) in [7, 11) is 1.37. The van der Waals surface area contributed by atoms with Crippen molar-refractivity contribution >= 4 is 5.91 Å². The topological polar surface area (TPSA) is 66.0 Å². The number of hydrogen-bond acceptors (Lipinski definition) is 5. The molecule has 1 amide bonds. The van der Waals surface area contributed by atoms with Gasteiger partial charge in [0.2, 0.25) is 6.10 Å². The predicted molar refractivity (Wildman–Crippen MR) is 92.7 cm³/mol. The van der Waals surface area contributed by atoms with Gasteiger partial charge in [-0.15, -0.1) is 0 Å². The van der Waals surface area contributed by atoms with E-state index in [1.165, 1.54) is 13.2 Å². The molecule has 0 unspecified atom stereocenters. The zero-order chi connectivity index (χ0) is 19.2. The highest BCUT2D eigenvalue weighted by Crippen LogP contribution is 2.31. The van der Waals surface area contributed by atoms with Gasteiger partial charge in [-0.25, -0.2) is 0 Å². The molecule has 0 saturated heterocycles. The van der Waals surface area contributed by atoms with Crippen molar-refractivity contribution in [2.24, 2.45) is 0 Å². The molecule has 0 aromatic heterocycles. The second kappa shape index (κ2) is 8.57. The zero-order valence-electron chi connectivity index (χ0n) is 14.6. The van der Waals surface area contributed by atoms with E-state index in [1.807, 2.05) is 6.07 Å². The average molecular weight is 379 g/mol. The van der Waals surface area contributed by atoms with Crippen LogP contribution in [0.2, 0.25) is 0 Å². The minimum absolute atomic E-state index is 0.0355. The Morgan fingerprint density at radius 1 is 1.22 bits per heavy atom. The second-order valence-corrected chi connectivity index (χ2v) is 5.77. The first-order chi connectivity index (χ1) is 13.1. The van der Waals surface area contributed by atoms with Crippen LogP contribution < -0.4 is 24.3 Å². The molecular formula is C19H19F2NO5. The van der Waals surface area contributed by atoms with Crippen molar-refractivity contribution in [3.63, 3.8) is 0 Å². The zero-order valence-corrected chi connectivity index (χ0v) is 14.6. The summed E-state index contributed by atoms with van der Waals surface area (Å²) in [6, 6.07) is 11.8. The molecular weight excluding hydrogens is 360 g/mol. The Kier molecular flexibility index (Phi) is 5.95. The normalized spacial score (nSPS) is 15.3. The number of carbonyl (C=O) groups is 1. The van der Waals surface area contributed by atoms with Crippen LogP contribution in [0.4, 0.5) is 8.78 Å². The van der Waals surface area contributed by atoms with Gasteiger partial charge in [0.15, 0.2) is 23.0 Å². The maximum Gasteiger partial charge on any atom is 0.387 e. The van der Waals surface area contributed by atoms with E-state index in [4.69, 9.17) is 14.2 Å². The van der Waals surface area contributed by atoms with E-state index in [0.717, 1.165) is 5.56 Å². The van der Waals surface area contributed by atoms with E-state index in [9.17, 15) is 13.6 Å². The van der Waals surface area contributed by atoms with Gasteiger partial charge in [0.25, 0.3) is 5.91 Å². The van der Waals surface area contributed by atoms with Crippen LogP contribution in [-0.2, 0) is 11.2 Å². The molecule has 2 aromatic carbocycles. The molecule has 2 aromatic rings. The lowest BCUT2D eigenvalue weighted by Crippen LogP contribution is -2.44. The molecule has 0 aliphatic carbocycles.